The van der Waals surface area contributed by atoms with Crippen LogP contribution in [-0.4, -0.2) is 47.9 Å². The van der Waals surface area contributed by atoms with E-state index in [-0.39, 0.29) is 17.8 Å². The summed E-state index contributed by atoms with van der Waals surface area (Å²) in [6, 6.07) is 3.44. The summed E-state index contributed by atoms with van der Waals surface area (Å²) >= 11 is 0. The van der Waals surface area contributed by atoms with Gasteiger partial charge in [-0.2, -0.15) is 4.31 Å². The van der Waals surface area contributed by atoms with E-state index in [0.29, 0.717) is 28.0 Å². The second-order valence-electron chi connectivity index (χ2n) is 6.81. The highest BCUT2D eigenvalue weighted by Gasteiger charge is 2.43. The van der Waals surface area contributed by atoms with Crippen LogP contribution in [0.25, 0.3) is 11.0 Å². The Morgan fingerprint density at radius 3 is 2.42 bits per heavy atom. The molecule has 2 aromatic rings. The van der Waals surface area contributed by atoms with Gasteiger partial charge in [-0.1, -0.05) is 0 Å². The maximum Gasteiger partial charge on any atom is 0.323 e. The van der Waals surface area contributed by atoms with E-state index >= 15 is 0 Å². The number of hydrogen-bond donors (Lipinski definition) is 3. The normalized spacial score (nSPS) is 22.3. The van der Waals surface area contributed by atoms with Gasteiger partial charge in [0.05, 0.1) is 15.9 Å². The van der Waals surface area contributed by atoms with Crippen molar-refractivity contribution in [1.82, 2.24) is 19.6 Å². The van der Waals surface area contributed by atoms with Gasteiger partial charge in [0.25, 0.3) is 0 Å². The molecule has 0 bridgehead atoms. The molecule has 1 aliphatic carbocycles. The molecule has 1 saturated heterocycles. The van der Waals surface area contributed by atoms with E-state index < -0.39 is 10.0 Å². The van der Waals surface area contributed by atoms with Gasteiger partial charge >= 0.3 is 5.69 Å². The first-order valence-electron chi connectivity index (χ1n) is 8.44. The third-order valence-electron chi connectivity index (χ3n) is 4.90. The lowest BCUT2D eigenvalue weighted by molar-refractivity contribution is 0.259. The van der Waals surface area contributed by atoms with Crippen molar-refractivity contribution in [3.05, 3.63) is 28.2 Å². The molecule has 0 radical (unpaired) electrons. The maximum absolute atomic E-state index is 13.4. The fourth-order valence-electron chi connectivity index (χ4n) is 3.63. The van der Waals surface area contributed by atoms with E-state index in [1.807, 2.05) is 0 Å². The van der Waals surface area contributed by atoms with Gasteiger partial charge in [-0.15, -0.1) is 0 Å². The van der Waals surface area contributed by atoms with Crippen molar-refractivity contribution in [2.45, 2.75) is 49.6 Å². The molecule has 1 aromatic carbocycles. The lowest BCUT2D eigenvalue weighted by atomic mass is 10.1. The molecular formula is C16H22N4O3S. The topological polar surface area (TPSA) is 98.1 Å². The van der Waals surface area contributed by atoms with Gasteiger partial charge in [-0.25, -0.2) is 13.2 Å². The van der Waals surface area contributed by atoms with E-state index in [2.05, 4.69) is 15.3 Å². The summed E-state index contributed by atoms with van der Waals surface area (Å²) in [5.74, 6) is 0. The van der Waals surface area contributed by atoms with E-state index in [9.17, 15) is 13.2 Å². The number of imidazole rings is 1. The van der Waals surface area contributed by atoms with Crippen LogP contribution in [0.3, 0.4) is 0 Å². The molecule has 4 rings (SSSR count). The molecule has 0 amide bonds. The molecule has 1 atom stereocenters. The van der Waals surface area contributed by atoms with Crippen molar-refractivity contribution in [3.8, 4) is 0 Å². The van der Waals surface area contributed by atoms with Gasteiger partial charge in [0, 0.05) is 18.6 Å². The first-order chi connectivity index (χ1) is 11.5. The number of hydrogen-bond acceptors (Lipinski definition) is 4. The van der Waals surface area contributed by atoms with Gasteiger partial charge in [0.2, 0.25) is 10.0 Å². The Balaban J connectivity index is 1.80. The summed E-state index contributed by atoms with van der Waals surface area (Å²) in [7, 11) is -3.59. The summed E-state index contributed by atoms with van der Waals surface area (Å²) in [4.78, 5) is 17.1. The van der Waals surface area contributed by atoms with Gasteiger partial charge in [-0.3, -0.25) is 0 Å². The molecule has 1 unspecified atom stereocenters. The summed E-state index contributed by atoms with van der Waals surface area (Å²) in [5.41, 5.74) is 1.50. The quantitative estimate of drug-likeness (QED) is 0.768. The Labute approximate surface area is 140 Å². The van der Waals surface area contributed by atoms with Crippen molar-refractivity contribution < 1.29 is 8.42 Å². The number of rotatable bonds is 4. The largest absolute Gasteiger partial charge is 0.323 e. The highest BCUT2D eigenvalue weighted by atomic mass is 32.2. The highest BCUT2D eigenvalue weighted by Crippen LogP contribution is 2.36. The van der Waals surface area contributed by atoms with Gasteiger partial charge in [0.15, 0.2) is 0 Å². The summed E-state index contributed by atoms with van der Waals surface area (Å²) < 4.78 is 28.5. The second-order valence-corrected chi connectivity index (χ2v) is 8.62. The molecule has 1 saturated carbocycles. The average Bonchev–Trinajstić information content (AvgIpc) is 3.28. The number of nitrogens with zero attached hydrogens (tertiary/aromatic N) is 1. The summed E-state index contributed by atoms with van der Waals surface area (Å²) in [5, 5.41) is 3.31. The highest BCUT2D eigenvalue weighted by molar-refractivity contribution is 7.89. The van der Waals surface area contributed by atoms with Crippen molar-refractivity contribution in [1.29, 1.82) is 0 Å². The van der Waals surface area contributed by atoms with Crippen molar-refractivity contribution in [2.75, 3.05) is 13.1 Å². The van der Waals surface area contributed by atoms with Crippen molar-refractivity contribution in [2.24, 2.45) is 0 Å². The molecule has 1 aromatic heterocycles. The van der Waals surface area contributed by atoms with E-state index in [1.165, 1.54) is 0 Å². The van der Waals surface area contributed by atoms with Crippen LogP contribution in [0.4, 0.5) is 0 Å². The van der Waals surface area contributed by atoms with Crippen LogP contribution in [0.1, 0.15) is 31.2 Å². The third kappa shape index (κ3) is 2.68. The van der Waals surface area contributed by atoms with Crippen molar-refractivity contribution >= 4 is 21.1 Å². The fourth-order valence-corrected chi connectivity index (χ4v) is 5.77. The summed E-state index contributed by atoms with van der Waals surface area (Å²) in [6.07, 6.45) is 3.74. The molecule has 2 heterocycles. The van der Waals surface area contributed by atoms with Crippen LogP contribution in [0.2, 0.25) is 0 Å². The zero-order valence-electron chi connectivity index (χ0n) is 13.6. The first-order valence-corrected chi connectivity index (χ1v) is 9.88. The number of benzene rings is 1. The molecule has 2 fully saturated rings. The number of H-pyrrole nitrogens is 2. The van der Waals surface area contributed by atoms with Gasteiger partial charge in [0.1, 0.15) is 0 Å². The number of aromatic amines is 2. The Bertz CT molecular complexity index is 920. The Hall–Kier alpha value is -1.64. The lowest BCUT2D eigenvalue weighted by Crippen LogP contribution is -2.49. The summed E-state index contributed by atoms with van der Waals surface area (Å²) in [6.45, 7) is 3.43. The zero-order chi connectivity index (χ0) is 16.9. The average molecular weight is 350 g/mol. The minimum Gasteiger partial charge on any atom is -0.315 e. The smallest absolute Gasteiger partial charge is 0.315 e. The van der Waals surface area contributed by atoms with Gasteiger partial charge in [-0.05, 0) is 56.8 Å². The molecule has 7 nitrogen and oxygen atoms in total. The third-order valence-corrected chi connectivity index (χ3v) is 7.05. The Kier molecular flexibility index (Phi) is 3.78. The predicted octanol–water partition coefficient (Wildman–Crippen LogP) is 1.07. The number of fused-ring (bicyclic) bond motifs is 1. The van der Waals surface area contributed by atoms with Gasteiger partial charge < -0.3 is 15.3 Å². The monoisotopic (exact) mass is 350 g/mol. The number of aromatic nitrogens is 2. The van der Waals surface area contributed by atoms with Crippen LogP contribution < -0.4 is 11.0 Å². The standard InChI is InChI=1S/C16H22N4O3S/c1-10-7-13-14(19-16(21)18-13)8-15(10)24(22,23)20(11-4-5-11)12-3-2-6-17-9-12/h7-8,11-12,17H,2-6,9H2,1H3,(H2,18,19,21). The first kappa shape index (κ1) is 15.9. The number of nitrogens with one attached hydrogen (secondary N) is 3. The molecule has 1 aliphatic heterocycles. The van der Waals surface area contributed by atoms with Crippen molar-refractivity contribution in [3.63, 3.8) is 0 Å². The van der Waals surface area contributed by atoms with E-state index in [0.717, 1.165) is 32.2 Å². The molecular weight excluding hydrogens is 328 g/mol. The van der Waals surface area contributed by atoms with Crippen LogP contribution >= 0.6 is 0 Å². The minimum atomic E-state index is -3.59. The van der Waals surface area contributed by atoms with E-state index in [4.69, 9.17) is 0 Å². The van der Waals surface area contributed by atoms with E-state index in [1.54, 1.807) is 23.4 Å². The number of sulfonamides is 1. The Morgan fingerprint density at radius 1 is 1.08 bits per heavy atom. The molecule has 130 valence electrons. The lowest BCUT2D eigenvalue weighted by Gasteiger charge is -2.34. The SMILES string of the molecule is Cc1cc2[nH]c(=O)[nH]c2cc1S(=O)(=O)N(C1CC1)C1CCCNC1. The minimum absolute atomic E-state index is 0.0108. The second kappa shape index (κ2) is 5.72. The fraction of sp³-hybridized carbons (Fsp3) is 0.562. The number of aryl methyl sites for hydroxylation is 1. The van der Waals surface area contributed by atoms with Crippen LogP contribution in [0.5, 0.6) is 0 Å². The molecule has 3 N–H and O–H groups in total. The molecule has 8 heteroatoms. The predicted molar refractivity (Wildman–Crippen MR) is 91.6 cm³/mol. The molecule has 24 heavy (non-hydrogen) atoms. The maximum atomic E-state index is 13.4. The number of piperidine rings is 1. The van der Waals surface area contributed by atoms with Crippen LogP contribution in [0.15, 0.2) is 21.8 Å². The molecule has 2 aliphatic rings. The zero-order valence-corrected chi connectivity index (χ0v) is 14.4. The van der Waals surface area contributed by atoms with Crippen LogP contribution in [0, 0.1) is 6.92 Å². The van der Waals surface area contributed by atoms with Crippen LogP contribution in [-0.2, 0) is 10.0 Å². The molecule has 0 spiro atoms. The Morgan fingerprint density at radius 2 is 1.79 bits per heavy atom.